The van der Waals surface area contributed by atoms with Crippen molar-refractivity contribution in [2.75, 3.05) is 7.11 Å². The minimum absolute atomic E-state index is 0.290. The molecular formula is C10H10O2S. The number of aromatic hydroxyl groups is 1. The Kier molecular flexibility index (Phi) is 1.88. The molecule has 0 unspecified atom stereocenters. The molecule has 0 bridgehead atoms. The van der Waals surface area contributed by atoms with Gasteiger partial charge in [-0.15, -0.1) is 11.3 Å². The van der Waals surface area contributed by atoms with Crippen molar-refractivity contribution < 1.29 is 9.84 Å². The quantitative estimate of drug-likeness (QED) is 0.756. The fourth-order valence-electron chi connectivity index (χ4n) is 1.34. The van der Waals surface area contributed by atoms with Gasteiger partial charge in [0.1, 0.15) is 11.5 Å². The zero-order valence-corrected chi connectivity index (χ0v) is 8.31. The average Bonchev–Trinajstić information content (AvgIpc) is 2.46. The van der Waals surface area contributed by atoms with Crippen molar-refractivity contribution >= 4 is 21.4 Å². The molecule has 0 spiro atoms. The fourth-order valence-corrected chi connectivity index (χ4v) is 2.31. The Balaban J connectivity index is 2.75. The van der Waals surface area contributed by atoms with Gasteiger partial charge in [-0.05, 0) is 19.1 Å². The van der Waals surface area contributed by atoms with Crippen LogP contribution >= 0.6 is 11.3 Å². The van der Waals surface area contributed by atoms with Gasteiger partial charge in [0.05, 0.1) is 7.11 Å². The summed E-state index contributed by atoms with van der Waals surface area (Å²) in [6, 6.07) is 5.55. The summed E-state index contributed by atoms with van der Waals surface area (Å²) in [5.74, 6) is 0.991. The second-order valence-electron chi connectivity index (χ2n) is 2.92. The lowest BCUT2D eigenvalue weighted by Gasteiger charge is -2.00. The molecule has 0 atom stereocenters. The summed E-state index contributed by atoms with van der Waals surface area (Å²) in [4.78, 5) is 1.19. The number of phenols is 1. The normalized spacial score (nSPS) is 10.6. The molecule has 0 radical (unpaired) electrons. The van der Waals surface area contributed by atoms with Crippen LogP contribution in [-0.4, -0.2) is 12.2 Å². The van der Waals surface area contributed by atoms with E-state index in [0.717, 1.165) is 10.1 Å². The Bertz CT molecular complexity index is 445. The van der Waals surface area contributed by atoms with Gasteiger partial charge in [-0.1, -0.05) is 0 Å². The molecule has 2 nitrogen and oxygen atoms in total. The number of ether oxygens (including phenoxy) is 1. The summed E-state index contributed by atoms with van der Waals surface area (Å²) in [6.07, 6.45) is 0. The van der Waals surface area contributed by atoms with Crippen LogP contribution in [0.3, 0.4) is 0 Å². The van der Waals surface area contributed by atoms with Crippen molar-refractivity contribution in [3.05, 3.63) is 23.1 Å². The molecule has 13 heavy (non-hydrogen) atoms. The highest BCUT2D eigenvalue weighted by Gasteiger charge is 2.05. The predicted molar refractivity (Wildman–Crippen MR) is 54.8 cm³/mol. The smallest absolute Gasteiger partial charge is 0.127 e. The standard InChI is InChI=1S/C10H10O2S/c1-6-3-8-9(11)4-7(12-2)5-10(8)13-6/h3-5,11H,1-2H3. The number of hydrogen-bond donors (Lipinski definition) is 1. The molecule has 2 aromatic rings. The molecular weight excluding hydrogens is 184 g/mol. The summed E-state index contributed by atoms with van der Waals surface area (Å²) in [7, 11) is 1.60. The zero-order valence-electron chi connectivity index (χ0n) is 7.50. The van der Waals surface area contributed by atoms with Crippen LogP contribution in [0, 0.1) is 6.92 Å². The molecule has 1 aromatic carbocycles. The van der Waals surface area contributed by atoms with Gasteiger partial charge in [0.25, 0.3) is 0 Å². The summed E-state index contributed by atoms with van der Waals surface area (Å²) < 4.78 is 6.12. The minimum atomic E-state index is 0.290. The molecule has 0 saturated heterocycles. The molecule has 1 aromatic heterocycles. The maximum atomic E-state index is 9.62. The van der Waals surface area contributed by atoms with Crippen LogP contribution in [-0.2, 0) is 0 Å². The van der Waals surface area contributed by atoms with Crippen molar-refractivity contribution in [3.63, 3.8) is 0 Å². The SMILES string of the molecule is COc1cc(O)c2cc(C)sc2c1. The lowest BCUT2D eigenvalue weighted by atomic mass is 10.2. The first-order valence-corrected chi connectivity index (χ1v) is 4.79. The van der Waals surface area contributed by atoms with Crippen LogP contribution < -0.4 is 4.74 Å². The van der Waals surface area contributed by atoms with E-state index in [1.165, 1.54) is 4.88 Å². The first-order chi connectivity index (χ1) is 6.20. The second kappa shape index (κ2) is 2.92. The molecule has 1 heterocycles. The van der Waals surface area contributed by atoms with Crippen molar-refractivity contribution in [1.29, 1.82) is 0 Å². The molecule has 2 rings (SSSR count). The predicted octanol–water partition coefficient (Wildman–Crippen LogP) is 2.92. The number of thiophene rings is 1. The zero-order chi connectivity index (χ0) is 9.42. The molecule has 1 N–H and O–H groups in total. The number of phenolic OH excluding ortho intramolecular Hbond substituents is 1. The maximum absolute atomic E-state index is 9.62. The lowest BCUT2D eigenvalue weighted by Crippen LogP contribution is -1.80. The van der Waals surface area contributed by atoms with E-state index in [4.69, 9.17) is 4.74 Å². The van der Waals surface area contributed by atoms with Crippen molar-refractivity contribution in [3.8, 4) is 11.5 Å². The Labute approximate surface area is 80.4 Å². The number of rotatable bonds is 1. The van der Waals surface area contributed by atoms with Gasteiger partial charge < -0.3 is 9.84 Å². The summed E-state index contributed by atoms with van der Waals surface area (Å²) in [5.41, 5.74) is 0. The van der Waals surface area contributed by atoms with Gasteiger partial charge in [-0.25, -0.2) is 0 Å². The number of aryl methyl sites for hydroxylation is 1. The van der Waals surface area contributed by atoms with Crippen LogP contribution in [0.25, 0.3) is 10.1 Å². The number of hydrogen-bond acceptors (Lipinski definition) is 3. The van der Waals surface area contributed by atoms with Gasteiger partial charge in [-0.3, -0.25) is 0 Å². The number of fused-ring (bicyclic) bond motifs is 1. The van der Waals surface area contributed by atoms with E-state index >= 15 is 0 Å². The molecule has 0 aliphatic rings. The van der Waals surface area contributed by atoms with Gasteiger partial charge in [0.15, 0.2) is 0 Å². The molecule has 0 aliphatic carbocycles. The van der Waals surface area contributed by atoms with Crippen LogP contribution in [0.2, 0.25) is 0 Å². The summed E-state index contributed by atoms with van der Waals surface area (Å²) in [5, 5.41) is 10.5. The molecule has 0 saturated carbocycles. The fraction of sp³-hybridized carbons (Fsp3) is 0.200. The highest BCUT2D eigenvalue weighted by molar-refractivity contribution is 7.19. The number of benzene rings is 1. The minimum Gasteiger partial charge on any atom is -0.507 e. The third-order valence-electron chi connectivity index (χ3n) is 1.95. The molecule has 0 fully saturated rings. The number of methoxy groups -OCH3 is 1. The maximum Gasteiger partial charge on any atom is 0.127 e. The van der Waals surface area contributed by atoms with E-state index in [2.05, 4.69) is 0 Å². The van der Waals surface area contributed by atoms with E-state index in [0.29, 0.717) is 11.5 Å². The molecule has 68 valence electrons. The second-order valence-corrected chi connectivity index (χ2v) is 4.20. The Morgan fingerprint density at radius 2 is 2.08 bits per heavy atom. The molecule has 0 aliphatic heterocycles. The van der Waals surface area contributed by atoms with Crippen molar-refractivity contribution in [1.82, 2.24) is 0 Å². The van der Waals surface area contributed by atoms with Gasteiger partial charge in [0.2, 0.25) is 0 Å². The largest absolute Gasteiger partial charge is 0.507 e. The Morgan fingerprint density at radius 1 is 1.31 bits per heavy atom. The van der Waals surface area contributed by atoms with Crippen LogP contribution in [0.5, 0.6) is 11.5 Å². The highest BCUT2D eigenvalue weighted by Crippen LogP contribution is 2.35. The van der Waals surface area contributed by atoms with E-state index in [-0.39, 0.29) is 0 Å². The third-order valence-corrected chi connectivity index (χ3v) is 2.95. The van der Waals surface area contributed by atoms with Crippen LogP contribution in [0.4, 0.5) is 0 Å². The highest BCUT2D eigenvalue weighted by atomic mass is 32.1. The van der Waals surface area contributed by atoms with Crippen LogP contribution in [0.1, 0.15) is 4.88 Å². The third kappa shape index (κ3) is 1.35. The average molecular weight is 194 g/mol. The summed E-state index contributed by atoms with van der Waals surface area (Å²) >= 11 is 1.66. The molecule has 3 heteroatoms. The van der Waals surface area contributed by atoms with E-state index in [1.54, 1.807) is 24.5 Å². The molecule has 0 amide bonds. The van der Waals surface area contributed by atoms with E-state index in [9.17, 15) is 5.11 Å². The Hall–Kier alpha value is -1.22. The van der Waals surface area contributed by atoms with E-state index in [1.807, 2.05) is 19.1 Å². The monoisotopic (exact) mass is 194 g/mol. The first-order valence-electron chi connectivity index (χ1n) is 3.98. The van der Waals surface area contributed by atoms with Crippen molar-refractivity contribution in [2.24, 2.45) is 0 Å². The van der Waals surface area contributed by atoms with Crippen molar-refractivity contribution in [2.45, 2.75) is 6.92 Å². The first kappa shape index (κ1) is 8.38. The topological polar surface area (TPSA) is 29.5 Å². The summed E-state index contributed by atoms with van der Waals surface area (Å²) in [6.45, 7) is 2.02. The van der Waals surface area contributed by atoms with Crippen LogP contribution in [0.15, 0.2) is 18.2 Å². The van der Waals surface area contributed by atoms with E-state index < -0.39 is 0 Å². The Morgan fingerprint density at radius 3 is 2.77 bits per heavy atom. The van der Waals surface area contributed by atoms with Gasteiger partial charge in [-0.2, -0.15) is 0 Å². The lowest BCUT2D eigenvalue weighted by molar-refractivity contribution is 0.409. The van der Waals surface area contributed by atoms with Gasteiger partial charge >= 0.3 is 0 Å². The van der Waals surface area contributed by atoms with Gasteiger partial charge in [0, 0.05) is 21.0 Å².